The molecule has 4 heterocycles. The zero-order valence-corrected chi connectivity index (χ0v) is 12.0. The molecule has 102 valence electrons. The standard InChI is InChI=1S/C14H15N5S/c1-18-9-10(8-16-18)12-4-5-15-14-7-11(17-19(12)14)13-3-2-6-20-13/h2-3,6-9,12,15H,4-5H2,1H3. The number of nitrogens with one attached hydrogen (secondary N) is 1. The fraction of sp³-hybridized carbons (Fsp3) is 0.286. The summed E-state index contributed by atoms with van der Waals surface area (Å²) in [6.45, 7) is 0.967. The largest absolute Gasteiger partial charge is 0.370 e. The minimum Gasteiger partial charge on any atom is -0.370 e. The lowest BCUT2D eigenvalue weighted by Gasteiger charge is -2.24. The average Bonchev–Trinajstić information content (AvgIpc) is 3.17. The van der Waals surface area contributed by atoms with E-state index in [4.69, 9.17) is 5.10 Å². The van der Waals surface area contributed by atoms with E-state index in [0.717, 1.165) is 24.5 Å². The third kappa shape index (κ3) is 1.84. The molecule has 6 heteroatoms. The van der Waals surface area contributed by atoms with Crippen LogP contribution in [-0.2, 0) is 7.05 Å². The predicted molar refractivity (Wildman–Crippen MR) is 80.0 cm³/mol. The lowest BCUT2D eigenvalue weighted by molar-refractivity contribution is 0.483. The Kier molecular flexibility index (Phi) is 2.63. The Balaban J connectivity index is 1.77. The van der Waals surface area contributed by atoms with E-state index in [1.807, 2.05) is 17.9 Å². The molecule has 0 aromatic carbocycles. The Morgan fingerprint density at radius 2 is 2.40 bits per heavy atom. The number of nitrogens with zero attached hydrogens (tertiary/aromatic N) is 4. The summed E-state index contributed by atoms with van der Waals surface area (Å²) in [5, 5.41) is 14.6. The molecule has 0 fully saturated rings. The Hall–Kier alpha value is -2.08. The molecular weight excluding hydrogens is 270 g/mol. The highest BCUT2D eigenvalue weighted by atomic mass is 32.1. The van der Waals surface area contributed by atoms with Crippen molar-refractivity contribution in [2.24, 2.45) is 7.05 Å². The van der Waals surface area contributed by atoms with Gasteiger partial charge in [-0.3, -0.25) is 4.68 Å². The Bertz CT molecular complexity index is 725. The van der Waals surface area contributed by atoms with Gasteiger partial charge in [0.2, 0.25) is 0 Å². The highest BCUT2D eigenvalue weighted by molar-refractivity contribution is 7.13. The first-order valence-corrected chi connectivity index (χ1v) is 7.55. The average molecular weight is 285 g/mol. The summed E-state index contributed by atoms with van der Waals surface area (Å²) < 4.78 is 3.94. The van der Waals surface area contributed by atoms with E-state index < -0.39 is 0 Å². The number of rotatable bonds is 2. The van der Waals surface area contributed by atoms with Crippen LogP contribution in [0.3, 0.4) is 0 Å². The van der Waals surface area contributed by atoms with Gasteiger partial charge in [-0.25, -0.2) is 4.68 Å². The van der Waals surface area contributed by atoms with Crippen molar-refractivity contribution in [3.8, 4) is 10.6 Å². The summed E-state index contributed by atoms with van der Waals surface area (Å²) in [5.41, 5.74) is 2.26. The lowest BCUT2D eigenvalue weighted by Crippen LogP contribution is -2.24. The maximum absolute atomic E-state index is 4.79. The van der Waals surface area contributed by atoms with Crippen molar-refractivity contribution in [2.75, 3.05) is 11.9 Å². The normalized spacial score (nSPS) is 17.8. The van der Waals surface area contributed by atoms with Gasteiger partial charge in [0, 0.05) is 31.4 Å². The third-order valence-electron chi connectivity index (χ3n) is 3.64. The number of aryl methyl sites for hydroxylation is 1. The van der Waals surface area contributed by atoms with Gasteiger partial charge in [-0.1, -0.05) is 6.07 Å². The van der Waals surface area contributed by atoms with Gasteiger partial charge in [0.15, 0.2) is 0 Å². The number of anilines is 1. The highest BCUT2D eigenvalue weighted by Crippen LogP contribution is 2.33. The van der Waals surface area contributed by atoms with Gasteiger partial charge in [-0.15, -0.1) is 11.3 Å². The molecular formula is C14H15N5S. The van der Waals surface area contributed by atoms with Gasteiger partial charge in [0.1, 0.15) is 11.5 Å². The van der Waals surface area contributed by atoms with Crippen LogP contribution in [0.5, 0.6) is 0 Å². The zero-order chi connectivity index (χ0) is 13.5. The summed E-state index contributed by atoms with van der Waals surface area (Å²) in [7, 11) is 1.95. The van der Waals surface area contributed by atoms with E-state index in [2.05, 4.69) is 44.9 Å². The lowest BCUT2D eigenvalue weighted by atomic mass is 10.1. The van der Waals surface area contributed by atoms with Crippen molar-refractivity contribution < 1.29 is 0 Å². The molecule has 0 radical (unpaired) electrons. The van der Waals surface area contributed by atoms with E-state index in [-0.39, 0.29) is 6.04 Å². The van der Waals surface area contributed by atoms with Crippen LogP contribution in [0.4, 0.5) is 5.82 Å². The summed E-state index contributed by atoms with van der Waals surface area (Å²) in [4.78, 5) is 1.21. The molecule has 3 aromatic rings. The molecule has 0 saturated heterocycles. The number of aromatic nitrogens is 4. The zero-order valence-electron chi connectivity index (χ0n) is 11.2. The van der Waals surface area contributed by atoms with Crippen LogP contribution in [0.2, 0.25) is 0 Å². The van der Waals surface area contributed by atoms with Gasteiger partial charge in [0.05, 0.1) is 17.1 Å². The molecule has 20 heavy (non-hydrogen) atoms. The summed E-state index contributed by atoms with van der Waals surface area (Å²) in [5.74, 6) is 1.09. The van der Waals surface area contributed by atoms with Gasteiger partial charge in [-0.2, -0.15) is 10.2 Å². The van der Waals surface area contributed by atoms with Crippen molar-refractivity contribution in [3.05, 3.63) is 41.5 Å². The van der Waals surface area contributed by atoms with Gasteiger partial charge < -0.3 is 5.32 Å². The van der Waals surface area contributed by atoms with Gasteiger partial charge in [-0.05, 0) is 17.9 Å². The minimum absolute atomic E-state index is 0.272. The molecule has 1 aliphatic rings. The summed E-state index contributed by atoms with van der Waals surface area (Å²) >= 11 is 1.72. The monoisotopic (exact) mass is 285 g/mol. The molecule has 0 spiro atoms. The molecule has 4 rings (SSSR count). The van der Waals surface area contributed by atoms with Crippen LogP contribution in [0, 0.1) is 0 Å². The second-order valence-corrected chi connectivity index (χ2v) is 5.96. The van der Waals surface area contributed by atoms with Crippen molar-refractivity contribution in [2.45, 2.75) is 12.5 Å². The van der Waals surface area contributed by atoms with E-state index in [1.165, 1.54) is 10.4 Å². The maximum Gasteiger partial charge on any atom is 0.125 e. The molecule has 0 saturated carbocycles. The predicted octanol–water partition coefficient (Wildman–Crippen LogP) is 2.75. The first-order chi connectivity index (χ1) is 9.81. The fourth-order valence-electron chi connectivity index (χ4n) is 2.69. The number of hydrogen-bond donors (Lipinski definition) is 1. The topological polar surface area (TPSA) is 47.7 Å². The molecule has 0 aliphatic carbocycles. The van der Waals surface area contributed by atoms with Gasteiger partial charge >= 0.3 is 0 Å². The van der Waals surface area contributed by atoms with Crippen molar-refractivity contribution in [1.82, 2.24) is 19.6 Å². The molecule has 1 atom stereocenters. The quantitative estimate of drug-likeness (QED) is 0.787. The van der Waals surface area contributed by atoms with Crippen LogP contribution in [-0.4, -0.2) is 26.1 Å². The van der Waals surface area contributed by atoms with E-state index in [9.17, 15) is 0 Å². The Morgan fingerprint density at radius 1 is 1.45 bits per heavy atom. The SMILES string of the molecule is Cn1cc(C2CCNc3cc(-c4cccs4)nn32)cn1. The van der Waals surface area contributed by atoms with E-state index in [1.54, 1.807) is 11.3 Å². The number of fused-ring (bicyclic) bond motifs is 1. The first kappa shape index (κ1) is 11.7. The second-order valence-electron chi connectivity index (χ2n) is 5.02. The molecule has 3 aromatic heterocycles. The van der Waals surface area contributed by atoms with Crippen molar-refractivity contribution in [1.29, 1.82) is 0 Å². The van der Waals surface area contributed by atoms with Crippen molar-refractivity contribution in [3.63, 3.8) is 0 Å². The van der Waals surface area contributed by atoms with Crippen LogP contribution >= 0.6 is 11.3 Å². The summed E-state index contributed by atoms with van der Waals surface area (Å²) in [6.07, 6.45) is 5.04. The third-order valence-corrected chi connectivity index (χ3v) is 4.53. The summed E-state index contributed by atoms with van der Waals surface area (Å²) in [6, 6.07) is 6.57. The molecule has 0 amide bonds. The van der Waals surface area contributed by atoms with Crippen LogP contribution in [0.1, 0.15) is 18.0 Å². The minimum atomic E-state index is 0.272. The Morgan fingerprint density at radius 3 is 3.15 bits per heavy atom. The maximum atomic E-state index is 4.79. The van der Waals surface area contributed by atoms with Gasteiger partial charge in [0.25, 0.3) is 0 Å². The smallest absolute Gasteiger partial charge is 0.125 e. The van der Waals surface area contributed by atoms with E-state index >= 15 is 0 Å². The molecule has 1 aliphatic heterocycles. The fourth-order valence-corrected chi connectivity index (χ4v) is 3.37. The highest BCUT2D eigenvalue weighted by Gasteiger charge is 2.24. The molecule has 1 N–H and O–H groups in total. The number of hydrogen-bond acceptors (Lipinski definition) is 4. The first-order valence-electron chi connectivity index (χ1n) is 6.67. The van der Waals surface area contributed by atoms with Crippen molar-refractivity contribution >= 4 is 17.2 Å². The van der Waals surface area contributed by atoms with Crippen LogP contribution in [0.25, 0.3) is 10.6 Å². The Labute approximate surface area is 120 Å². The van der Waals surface area contributed by atoms with Crippen LogP contribution in [0.15, 0.2) is 36.0 Å². The molecule has 1 unspecified atom stereocenters. The van der Waals surface area contributed by atoms with E-state index in [0.29, 0.717) is 0 Å². The second kappa shape index (κ2) is 4.49. The number of thiophene rings is 1. The van der Waals surface area contributed by atoms with Crippen LogP contribution < -0.4 is 5.32 Å². The molecule has 0 bridgehead atoms. The molecule has 5 nitrogen and oxygen atoms in total.